The molecule has 0 radical (unpaired) electrons. The maximum absolute atomic E-state index is 12.3. The number of carbonyl (C=O) groups excluding carboxylic acids is 1. The Labute approximate surface area is 120 Å². The highest BCUT2D eigenvalue weighted by molar-refractivity contribution is 7.80. The van der Waals surface area contributed by atoms with Crippen LogP contribution in [0, 0.1) is 0 Å². The average Bonchev–Trinajstić information content (AvgIpc) is 2.39. The van der Waals surface area contributed by atoms with Gasteiger partial charge in [0, 0.05) is 12.5 Å². The lowest BCUT2D eigenvalue weighted by Crippen LogP contribution is -2.39. The highest BCUT2D eigenvalue weighted by Crippen LogP contribution is 2.19. The summed E-state index contributed by atoms with van der Waals surface area (Å²) in [7, 11) is 0. The van der Waals surface area contributed by atoms with E-state index in [1.165, 1.54) is 0 Å². The second kappa shape index (κ2) is 7.89. The molecular formula is C15H22N2OS. The third kappa shape index (κ3) is 4.99. The largest absolute Gasteiger partial charge is 0.393 e. The van der Waals surface area contributed by atoms with Gasteiger partial charge in [-0.15, -0.1) is 0 Å². The SMILES string of the molecule is CCC(CC(N)=S)NC(=O)C(CC)c1ccccc1. The highest BCUT2D eigenvalue weighted by atomic mass is 32.1. The predicted molar refractivity (Wildman–Crippen MR) is 83.1 cm³/mol. The molecule has 104 valence electrons. The molecule has 1 aromatic carbocycles. The molecule has 1 aromatic rings. The summed E-state index contributed by atoms with van der Waals surface area (Å²) < 4.78 is 0. The zero-order valence-corrected chi connectivity index (χ0v) is 12.4. The Hall–Kier alpha value is -1.42. The van der Waals surface area contributed by atoms with Crippen molar-refractivity contribution in [3.05, 3.63) is 35.9 Å². The van der Waals surface area contributed by atoms with Crippen LogP contribution >= 0.6 is 12.2 Å². The minimum atomic E-state index is -0.110. The number of hydrogen-bond donors (Lipinski definition) is 2. The molecule has 3 N–H and O–H groups in total. The number of carbonyl (C=O) groups is 1. The molecule has 0 aliphatic carbocycles. The molecule has 0 saturated carbocycles. The fourth-order valence-corrected chi connectivity index (χ4v) is 2.30. The summed E-state index contributed by atoms with van der Waals surface area (Å²) in [6, 6.07) is 9.87. The van der Waals surface area contributed by atoms with Crippen LogP contribution in [0.2, 0.25) is 0 Å². The molecule has 0 bridgehead atoms. The summed E-state index contributed by atoms with van der Waals surface area (Å²) in [5.74, 6) is -0.0570. The van der Waals surface area contributed by atoms with Gasteiger partial charge < -0.3 is 11.1 Å². The Kier molecular flexibility index (Phi) is 6.50. The van der Waals surface area contributed by atoms with Crippen molar-refractivity contribution in [1.29, 1.82) is 0 Å². The first kappa shape index (κ1) is 15.6. The average molecular weight is 278 g/mol. The van der Waals surface area contributed by atoms with Gasteiger partial charge in [-0.2, -0.15) is 0 Å². The Balaban J connectivity index is 2.71. The van der Waals surface area contributed by atoms with Gasteiger partial charge in [0.1, 0.15) is 0 Å². The van der Waals surface area contributed by atoms with Gasteiger partial charge in [-0.25, -0.2) is 0 Å². The molecule has 0 fully saturated rings. The number of amides is 1. The monoisotopic (exact) mass is 278 g/mol. The van der Waals surface area contributed by atoms with Gasteiger partial charge in [0.25, 0.3) is 0 Å². The Morgan fingerprint density at radius 2 is 1.89 bits per heavy atom. The van der Waals surface area contributed by atoms with Gasteiger partial charge in [-0.05, 0) is 18.4 Å². The van der Waals surface area contributed by atoms with Crippen molar-refractivity contribution >= 4 is 23.1 Å². The van der Waals surface area contributed by atoms with Crippen LogP contribution < -0.4 is 11.1 Å². The summed E-state index contributed by atoms with van der Waals surface area (Å²) >= 11 is 4.90. The second-order valence-corrected chi connectivity index (χ2v) is 5.18. The minimum absolute atomic E-state index is 0.0303. The molecule has 0 aliphatic heterocycles. The van der Waals surface area contributed by atoms with Crippen molar-refractivity contribution in [2.24, 2.45) is 5.73 Å². The van der Waals surface area contributed by atoms with Gasteiger partial charge in [-0.3, -0.25) is 4.79 Å². The van der Waals surface area contributed by atoms with Crippen molar-refractivity contribution < 1.29 is 4.79 Å². The van der Waals surface area contributed by atoms with Gasteiger partial charge in [0.15, 0.2) is 0 Å². The van der Waals surface area contributed by atoms with E-state index < -0.39 is 0 Å². The number of hydrogen-bond acceptors (Lipinski definition) is 2. The molecule has 0 spiro atoms. The number of benzene rings is 1. The van der Waals surface area contributed by atoms with Crippen LogP contribution in [0.15, 0.2) is 30.3 Å². The van der Waals surface area contributed by atoms with Crippen LogP contribution in [0.1, 0.15) is 44.6 Å². The number of thiocarbonyl (C=S) groups is 1. The summed E-state index contributed by atoms with van der Waals surface area (Å²) in [5, 5.41) is 3.04. The lowest BCUT2D eigenvalue weighted by atomic mass is 9.95. The van der Waals surface area contributed by atoms with E-state index in [0.29, 0.717) is 11.4 Å². The van der Waals surface area contributed by atoms with Crippen LogP contribution in [0.25, 0.3) is 0 Å². The molecule has 0 aromatic heterocycles. The molecule has 0 saturated heterocycles. The van der Waals surface area contributed by atoms with E-state index in [-0.39, 0.29) is 17.9 Å². The lowest BCUT2D eigenvalue weighted by Gasteiger charge is -2.21. The van der Waals surface area contributed by atoms with Crippen molar-refractivity contribution in [3.8, 4) is 0 Å². The Bertz CT molecular complexity index is 419. The van der Waals surface area contributed by atoms with Gasteiger partial charge in [-0.1, -0.05) is 56.4 Å². The Morgan fingerprint density at radius 1 is 1.26 bits per heavy atom. The van der Waals surface area contributed by atoms with E-state index in [0.717, 1.165) is 18.4 Å². The predicted octanol–water partition coefficient (Wildman–Crippen LogP) is 2.75. The highest BCUT2D eigenvalue weighted by Gasteiger charge is 2.21. The number of nitrogens with two attached hydrogens (primary N) is 1. The molecule has 0 heterocycles. The standard InChI is InChI=1S/C15H22N2OS/c1-3-12(10-14(16)19)17-15(18)13(4-2)11-8-6-5-7-9-11/h5-9,12-13H,3-4,10H2,1-2H3,(H2,16,19)(H,17,18). The van der Waals surface area contributed by atoms with Gasteiger partial charge in [0.05, 0.1) is 10.9 Å². The third-order valence-electron chi connectivity index (χ3n) is 3.21. The van der Waals surface area contributed by atoms with Crippen LogP contribution in [0.5, 0.6) is 0 Å². The molecule has 1 amide bonds. The van der Waals surface area contributed by atoms with E-state index in [1.807, 2.05) is 44.2 Å². The maximum Gasteiger partial charge on any atom is 0.227 e. The summed E-state index contributed by atoms with van der Waals surface area (Å²) in [6.07, 6.45) is 2.16. The van der Waals surface area contributed by atoms with Crippen LogP contribution in [0.3, 0.4) is 0 Å². The molecular weight excluding hydrogens is 256 g/mol. The first-order valence-corrected chi connectivity index (χ1v) is 7.12. The fraction of sp³-hybridized carbons (Fsp3) is 0.467. The second-order valence-electron chi connectivity index (χ2n) is 4.66. The van der Waals surface area contributed by atoms with E-state index >= 15 is 0 Å². The molecule has 0 aliphatic rings. The minimum Gasteiger partial charge on any atom is -0.393 e. The molecule has 3 nitrogen and oxygen atoms in total. The van der Waals surface area contributed by atoms with Crippen molar-refractivity contribution in [3.63, 3.8) is 0 Å². The number of rotatable bonds is 7. The number of nitrogens with one attached hydrogen (secondary N) is 1. The Morgan fingerprint density at radius 3 is 2.37 bits per heavy atom. The van der Waals surface area contributed by atoms with Crippen LogP contribution in [0.4, 0.5) is 0 Å². The first-order valence-electron chi connectivity index (χ1n) is 6.72. The zero-order chi connectivity index (χ0) is 14.3. The summed E-state index contributed by atoms with van der Waals surface area (Å²) in [6.45, 7) is 4.04. The molecule has 1 rings (SSSR count). The smallest absolute Gasteiger partial charge is 0.227 e. The van der Waals surface area contributed by atoms with E-state index in [1.54, 1.807) is 0 Å². The van der Waals surface area contributed by atoms with Crippen LogP contribution in [-0.4, -0.2) is 16.9 Å². The third-order valence-corrected chi connectivity index (χ3v) is 3.38. The van der Waals surface area contributed by atoms with Gasteiger partial charge >= 0.3 is 0 Å². The van der Waals surface area contributed by atoms with E-state index in [9.17, 15) is 4.79 Å². The first-order chi connectivity index (χ1) is 9.08. The van der Waals surface area contributed by atoms with E-state index in [2.05, 4.69) is 5.32 Å². The quantitative estimate of drug-likeness (QED) is 0.754. The van der Waals surface area contributed by atoms with Gasteiger partial charge in [0.2, 0.25) is 5.91 Å². The fourth-order valence-electron chi connectivity index (χ4n) is 2.10. The molecule has 19 heavy (non-hydrogen) atoms. The normalized spacial score (nSPS) is 13.6. The molecule has 2 atom stereocenters. The van der Waals surface area contributed by atoms with Crippen molar-refractivity contribution in [1.82, 2.24) is 5.32 Å². The molecule has 2 unspecified atom stereocenters. The van der Waals surface area contributed by atoms with Crippen molar-refractivity contribution in [2.75, 3.05) is 0 Å². The van der Waals surface area contributed by atoms with E-state index in [4.69, 9.17) is 18.0 Å². The topological polar surface area (TPSA) is 55.1 Å². The zero-order valence-electron chi connectivity index (χ0n) is 11.6. The van der Waals surface area contributed by atoms with Crippen molar-refractivity contribution in [2.45, 2.75) is 45.1 Å². The maximum atomic E-state index is 12.3. The van der Waals surface area contributed by atoms with Crippen LogP contribution in [-0.2, 0) is 4.79 Å². The summed E-state index contributed by atoms with van der Waals surface area (Å²) in [4.78, 5) is 12.8. The molecule has 4 heteroatoms. The summed E-state index contributed by atoms with van der Waals surface area (Å²) in [5.41, 5.74) is 6.59. The lowest BCUT2D eigenvalue weighted by molar-refractivity contribution is -0.123.